The van der Waals surface area contributed by atoms with Gasteiger partial charge in [-0.05, 0) is 30.0 Å². The highest BCUT2D eigenvalue weighted by Crippen LogP contribution is 2.33. The van der Waals surface area contributed by atoms with Crippen LogP contribution in [0.3, 0.4) is 0 Å². The standard InChI is InChI=1S/C14H14N2/c1-2-12-9-16(10-15-12)14-8-7-11-5-3-4-6-13(11)14/h2-6,9-10,14H,1,7-8H2. The molecule has 0 amide bonds. The number of aryl methyl sites for hydroxylation is 1. The summed E-state index contributed by atoms with van der Waals surface area (Å²) in [6.07, 6.45) is 8.11. The van der Waals surface area contributed by atoms with E-state index in [1.165, 1.54) is 24.0 Å². The lowest BCUT2D eigenvalue weighted by molar-refractivity contribution is 0.579. The average molecular weight is 210 g/mol. The van der Waals surface area contributed by atoms with Crippen LogP contribution in [0.1, 0.15) is 29.3 Å². The van der Waals surface area contributed by atoms with Crippen molar-refractivity contribution in [1.82, 2.24) is 9.55 Å². The van der Waals surface area contributed by atoms with Crippen molar-refractivity contribution in [2.24, 2.45) is 0 Å². The average Bonchev–Trinajstić information content (AvgIpc) is 2.94. The molecular weight excluding hydrogens is 196 g/mol. The summed E-state index contributed by atoms with van der Waals surface area (Å²) in [5.74, 6) is 0. The van der Waals surface area contributed by atoms with Gasteiger partial charge in [0.05, 0.1) is 18.1 Å². The SMILES string of the molecule is C=Cc1cn(C2CCc3ccccc32)cn1. The summed E-state index contributed by atoms with van der Waals surface area (Å²) >= 11 is 0. The van der Waals surface area contributed by atoms with Gasteiger partial charge >= 0.3 is 0 Å². The van der Waals surface area contributed by atoms with E-state index in [0.29, 0.717) is 6.04 Å². The lowest BCUT2D eigenvalue weighted by Crippen LogP contribution is -2.04. The normalized spacial score (nSPS) is 18.4. The van der Waals surface area contributed by atoms with E-state index in [0.717, 1.165) is 5.69 Å². The van der Waals surface area contributed by atoms with Gasteiger partial charge in [0.15, 0.2) is 0 Å². The molecule has 0 N–H and O–H groups in total. The van der Waals surface area contributed by atoms with Crippen molar-refractivity contribution in [2.45, 2.75) is 18.9 Å². The maximum atomic E-state index is 4.30. The van der Waals surface area contributed by atoms with Crippen LogP contribution in [0.4, 0.5) is 0 Å². The zero-order valence-corrected chi connectivity index (χ0v) is 9.13. The van der Waals surface area contributed by atoms with Crippen LogP contribution >= 0.6 is 0 Å². The summed E-state index contributed by atoms with van der Waals surface area (Å²) in [6, 6.07) is 9.13. The van der Waals surface area contributed by atoms with Crippen LogP contribution in [0.25, 0.3) is 6.08 Å². The summed E-state index contributed by atoms with van der Waals surface area (Å²) < 4.78 is 2.20. The number of fused-ring (bicyclic) bond motifs is 1. The van der Waals surface area contributed by atoms with Crippen molar-refractivity contribution in [2.75, 3.05) is 0 Å². The van der Waals surface area contributed by atoms with Crippen molar-refractivity contribution >= 4 is 6.08 Å². The molecule has 0 saturated carbocycles. The largest absolute Gasteiger partial charge is 0.329 e. The Bertz CT molecular complexity index is 525. The van der Waals surface area contributed by atoms with Crippen LogP contribution in [0.5, 0.6) is 0 Å². The second kappa shape index (κ2) is 3.63. The molecule has 0 radical (unpaired) electrons. The molecule has 1 aromatic carbocycles. The molecule has 2 heteroatoms. The van der Waals surface area contributed by atoms with Gasteiger partial charge in [-0.2, -0.15) is 0 Å². The maximum Gasteiger partial charge on any atom is 0.0959 e. The first-order chi connectivity index (χ1) is 7.88. The number of benzene rings is 1. The Hall–Kier alpha value is -1.83. The van der Waals surface area contributed by atoms with E-state index in [1.54, 1.807) is 6.08 Å². The minimum Gasteiger partial charge on any atom is -0.329 e. The summed E-state index contributed by atoms with van der Waals surface area (Å²) in [5, 5.41) is 0. The molecule has 2 aromatic rings. The second-order valence-electron chi connectivity index (χ2n) is 4.20. The molecule has 1 aliphatic rings. The van der Waals surface area contributed by atoms with Crippen LogP contribution in [0.2, 0.25) is 0 Å². The fourth-order valence-electron chi connectivity index (χ4n) is 2.47. The molecule has 1 unspecified atom stereocenters. The molecule has 80 valence electrons. The molecule has 2 nitrogen and oxygen atoms in total. The van der Waals surface area contributed by atoms with Gasteiger partial charge in [0.2, 0.25) is 0 Å². The lowest BCUT2D eigenvalue weighted by atomic mass is 10.1. The Kier molecular flexibility index (Phi) is 2.13. The number of rotatable bonds is 2. The van der Waals surface area contributed by atoms with Gasteiger partial charge in [-0.3, -0.25) is 0 Å². The van der Waals surface area contributed by atoms with Gasteiger partial charge in [-0.25, -0.2) is 4.98 Å². The summed E-state index contributed by atoms with van der Waals surface area (Å²) in [4.78, 5) is 4.30. The molecule has 1 heterocycles. The van der Waals surface area contributed by atoms with E-state index >= 15 is 0 Å². The minimum atomic E-state index is 0.456. The molecule has 1 aromatic heterocycles. The lowest BCUT2D eigenvalue weighted by Gasteiger charge is -2.12. The van der Waals surface area contributed by atoms with Crippen LogP contribution in [0.15, 0.2) is 43.4 Å². The number of imidazole rings is 1. The third-order valence-electron chi connectivity index (χ3n) is 3.29. The van der Waals surface area contributed by atoms with E-state index in [1.807, 2.05) is 6.33 Å². The van der Waals surface area contributed by atoms with Crippen LogP contribution in [0, 0.1) is 0 Å². The Morgan fingerprint density at radius 1 is 1.38 bits per heavy atom. The van der Waals surface area contributed by atoms with Gasteiger partial charge in [-0.15, -0.1) is 0 Å². The monoisotopic (exact) mass is 210 g/mol. The molecule has 3 rings (SSSR count). The summed E-state index contributed by atoms with van der Waals surface area (Å²) in [7, 11) is 0. The van der Waals surface area contributed by atoms with Crippen molar-refractivity contribution < 1.29 is 0 Å². The zero-order valence-electron chi connectivity index (χ0n) is 9.13. The minimum absolute atomic E-state index is 0.456. The molecule has 0 aliphatic heterocycles. The predicted octanol–water partition coefficient (Wildman–Crippen LogP) is 3.06. The first-order valence-corrected chi connectivity index (χ1v) is 5.62. The van der Waals surface area contributed by atoms with Crippen LogP contribution in [-0.4, -0.2) is 9.55 Å². The molecule has 0 bridgehead atoms. The summed E-state index contributed by atoms with van der Waals surface area (Å²) in [5.41, 5.74) is 3.86. The highest BCUT2D eigenvalue weighted by Gasteiger charge is 2.22. The van der Waals surface area contributed by atoms with E-state index < -0.39 is 0 Å². The molecule has 0 fully saturated rings. The zero-order chi connectivity index (χ0) is 11.0. The quantitative estimate of drug-likeness (QED) is 0.745. The van der Waals surface area contributed by atoms with Crippen LogP contribution in [-0.2, 0) is 6.42 Å². The predicted molar refractivity (Wildman–Crippen MR) is 65.2 cm³/mol. The van der Waals surface area contributed by atoms with Gasteiger partial charge in [0, 0.05) is 6.20 Å². The van der Waals surface area contributed by atoms with E-state index in [2.05, 4.69) is 46.6 Å². The Balaban J connectivity index is 2.01. The third kappa shape index (κ3) is 1.38. The highest BCUT2D eigenvalue weighted by molar-refractivity contribution is 5.41. The van der Waals surface area contributed by atoms with E-state index in [4.69, 9.17) is 0 Å². The van der Waals surface area contributed by atoms with Crippen LogP contribution < -0.4 is 0 Å². The second-order valence-corrected chi connectivity index (χ2v) is 4.20. The Morgan fingerprint density at radius 3 is 3.06 bits per heavy atom. The Labute approximate surface area is 95.3 Å². The first kappa shape index (κ1) is 9.40. The maximum absolute atomic E-state index is 4.30. The summed E-state index contributed by atoms with van der Waals surface area (Å²) in [6.45, 7) is 3.74. The van der Waals surface area contributed by atoms with Crippen molar-refractivity contribution in [1.29, 1.82) is 0 Å². The molecule has 0 spiro atoms. The third-order valence-corrected chi connectivity index (χ3v) is 3.29. The van der Waals surface area contributed by atoms with Crippen molar-refractivity contribution in [3.8, 4) is 0 Å². The smallest absolute Gasteiger partial charge is 0.0959 e. The van der Waals surface area contributed by atoms with Gasteiger partial charge in [0.25, 0.3) is 0 Å². The van der Waals surface area contributed by atoms with E-state index in [-0.39, 0.29) is 0 Å². The number of hydrogen-bond donors (Lipinski definition) is 0. The fraction of sp³-hybridized carbons (Fsp3) is 0.214. The van der Waals surface area contributed by atoms with Gasteiger partial charge in [-0.1, -0.05) is 30.8 Å². The molecule has 0 saturated heterocycles. The highest BCUT2D eigenvalue weighted by atomic mass is 15.1. The van der Waals surface area contributed by atoms with Gasteiger partial charge in [0.1, 0.15) is 0 Å². The molecule has 1 aliphatic carbocycles. The van der Waals surface area contributed by atoms with Crippen molar-refractivity contribution in [3.05, 3.63) is 60.2 Å². The number of aromatic nitrogens is 2. The molecular formula is C14H14N2. The Morgan fingerprint density at radius 2 is 2.25 bits per heavy atom. The number of nitrogens with zero attached hydrogens (tertiary/aromatic N) is 2. The fourth-order valence-corrected chi connectivity index (χ4v) is 2.47. The first-order valence-electron chi connectivity index (χ1n) is 5.62. The van der Waals surface area contributed by atoms with E-state index in [9.17, 15) is 0 Å². The molecule has 16 heavy (non-hydrogen) atoms. The van der Waals surface area contributed by atoms with Crippen molar-refractivity contribution in [3.63, 3.8) is 0 Å². The molecule has 1 atom stereocenters. The topological polar surface area (TPSA) is 17.8 Å². The van der Waals surface area contributed by atoms with Gasteiger partial charge < -0.3 is 4.57 Å². The number of hydrogen-bond acceptors (Lipinski definition) is 1.